The monoisotopic (exact) mass is 394 g/mol. The topological polar surface area (TPSA) is 94.6 Å². The highest BCUT2D eigenvalue weighted by Crippen LogP contribution is 2.31. The Kier molecular flexibility index (Phi) is 6.13. The van der Waals surface area contributed by atoms with Gasteiger partial charge in [0.05, 0.1) is 27.0 Å². The lowest BCUT2D eigenvalue weighted by Gasteiger charge is -2.13. The van der Waals surface area contributed by atoms with Crippen LogP contribution < -0.4 is 24.8 Å². The summed E-state index contributed by atoms with van der Waals surface area (Å²) in [6.07, 6.45) is 0. The number of rotatable bonds is 7. The minimum Gasteiger partial charge on any atom is -0.497 e. The minimum atomic E-state index is -0.353. The first-order chi connectivity index (χ1) is 14.0. The first kappa shape index (κ1) is 19.9. The van der Waals surface area contributed by atoms with Crippen molar-refractivity contribution < 1.29 is 19.0 Å². The molecule has 0 aliphatic rings. The van der Waals surface area contributed by atoms with E-state index in [1.165, 1.54) is 0 Å². The fourth-order valence-corrected chi connectivity index (χ4v) is 2.68. The fourth-order valence-electron chi connectivity index (χ4n) is 2.68. The molecule has 0 atom stereocenters. The van der Waals surface area contributed by atoms with E-state index in [1.54, 1.807) is 70.7 Å². The van der Waals surface area contributed by atoms with Crippen molar-refractivity contribution in [2.24, 2.45) is 0 Å². The Morgan fingerprint density at radius 2 is 1.66 bits per heavy atom. The maximum Gasteiger partial charge on any atom is 0.274 e. The Morgan fingerprint density at radius 1 is 0.897 bits per heavy atom. The summed E-state index contributed by atoms with van der Waals surface area (Å²) in [5, 5.41) is 5.97. The van der Waals surface area contributed by atoms with Gasteiger partial charge in [-0.15, -0.1) is 0 Å². The normalized spacial score (nSPS) is 10.2. The summed E-state index contributed by atoms with van der Waals surface area (Å²) in [5.41, 5.74) is 1.53. The molecule has 3 rings (SSSR count). The molecule has 0 radical (unpaired) electrons. The molecule has 0 saturated heterocycles. The van der Waals surface area contributed by atoms with Gasteiger partial charge in [0.1, 0.15) is 34.6 Å². The van der Waals surface area contributed by atoms with Crippen LogP contribution in [0.25, 0.3) is 0 Å². The molecular formula is C21H22N4O4. The highest BCUT2D eigenvalue weighted by molar-refractivity contribution is 6.03. The van der Waals surface area contributed by atoms with E-state index in [9.17, 15) is 4.79 Å². The number of aryl methyl sites for hydroxylation is 1. The van der Waals surface area contributed by atoms with Gasteiger partial charge >= 0.3 is 0 Å². The predicted octanol–water partition coefficient (Wildman–Crippen LogP) is 3.81. The van der Waals surface area contributed by atoms with Crippen molar-refractivity contribution in [3.05, 3.63) is 60.0 Å². The molecule has 29 heavy (non-hydrogen) atoms. The van der Waals surface area contributed by atoms with Crippen LogP contribution in [0.1, 0.15) is 16.3 Å². The third kappa shape index (κ3) is 4.92. The molecule has 0 unspecified atom stereocenters. The zero-order chi connectivity index (χ0) is 20.8. The lowest BCUT2D eigenvalue weighted by atomic mass is 10.2. The summed E-state index contributed by atoms with van der Waals surface area (Å²) in [6.45, 7) is 1.72. The molecule has 2 aromatic carbocycles. The Morgan fingerprint density at radius 3 is 2.38 bits per heavy atom. The summed E-state index contributed by atoms with van der Waals surface area (Å²) in [6, 6.07) is 14.0. The fraction of sp³-hybridized carbons (Fsp3) is 0.190. The number of benzene rings is 2. The average molecular weight is 394 g/mol. The number of nitrogens with one attached hydrogen (secondary N) is 2. The summed E-state index contributed by atoms with van der Waals surface area (Å²) < 4.78 is 15.8. The van der Waals surface area contributed by atoms with Crippen LogP contribution in [0.2, 0.25) is 0 Å². The van der Waals surface area contributed by atoms with Gasteiger partial charge in [-0.05, 0) is 31.2 Å². The average Bonchev–Trinajstić information content (AvgIpc) is 2.73. The molecule has 1 heterocycles. The van der Waals surface area contributed by atoms with Gasteiger partial charge in [-0.3, -0.25) is 4.79 Å². The highest BCUT2D eigenvalue weighted by Gasteiger charge is 2.13. The summed E-state index contributed by atoms with van der Waals surface area (Å²) in [7, 11) is 4.72. The Balaban J connectivity index is 1.83. The number of amides is 1. The van der Waals surface area contributed by atoms with Gasteiger partial charge in [0.2, 0.25) is 0 Å². The standard InChI is InChI=1S/C21H22N4O4/c1-13-22-18(21(26)24-14-6-5-7-15(10-14)27-2)12-20(23-13)25-17-9-8-16(28-3)11-19(17)29-4/h5-12H,1-4H3,(H,24,26)(H,22,23,25). The number of aromatic nitrogens is 2. The number of carbonyl (C=O) groups is 1. The Labute approximate surface area is 168 Å². The molecule has 3 aromatic rings. The first-order valence-electron chi connectivity index (χ1n) is 8.82. The zero-order valence-electron chi connectivity index (χ0n) is 16.6. The molecule has 2 N–H and O–H groups in total. The van der Waals surface area contributed by atoms with Crippen molar-refractivity contribution in [2.45, 2.75) is 6.92 Å². The quantitative estimate of drug-likeness (QED) is 0.629. The smallest absolute Gasteiger partial charge is 0.274 e. The van der Waals surface area contributed by atoms with E-state index in [2.05, 4.69) is 20.6 Å². The van der Waals surface area contributed by atoms with Crippen LogP contribution in [0.15, 0.2) is 48.5 Å². The van der Waals surface area contributed by atoms with Crippen LogP contribution in [0, 0.1) is 6.92 Å². The second-order valence-corrected chi connectivity index (χ2v) is 6.06. The van der Waals surface area contributed by atoms with Crippen LogP contribution in [0.3, 0.4) is 0 Å². The zero-order valence-corrected chi connectivity index (χ0v) is 16.6. The molecule has 0 bridgehead atoms. The number of hydrogen-bond donors (Lipinski definition) is 2. The number of methoxy groups -OCH3 is 3. The molecule has 8 nitrogen and oxygen atoms in total. The van der Waals surface area contributed by atoms with E-state index < -0.39 is 0 Å². The number of hydrogen-bond acceptors (Lipinski definition) is 7. The van der Waals surface area contributed by atoms with Crippen molar-refractivity contribution in [1.29, 1.82) is 0 Å². The van der Waals surface area contributed by atoms with Gasteiger partial charge in [0.25, 0.3) is 5.91 Å². The number of nitrogens with zero attached hydrogens (tertiary/aromatic N) is 2. The van der Waals surface area contributed by atoms with E-state index in [1.807, 2.05) is 6.07 Å². The van der Waals surface area contributed by atoms with Crippen LogP contribution in [0.5, 0.6) is 17.2 Å². The van der Waals surface area contributed by atoms with Gasteiger partial charge in [-0.1, -0.05) is 6.07 Å². The van der Waals surface area contributed by atoms with Gasteiger partial charge < -0.3 is 24.8 Å². The largest absolute Gasteiger partial charge is 0.497 e. The molecule has 1 amide bonds. The lowest BCUT2D eigenvalue weighted by molar-refractivity contribution is 0.102. The van der Waals surface area contributed by atoms with E-state index in [0.717, 1.165) is 0 Å². The number of anilines is 3. The van der Waals surface area contributed by atoms with Crippen molar-refractivity contribution in [3.8, 4) is 17.2 Å². The maximum absolute atomic E-state index is 12.7. The van der Waals surface area contributed by atoms with Gasteiger partial charge in [0.15, 0.2) is 0 Å². The molecule has 0 aliphatic heterocycles. The van der Waals surface area contributed by atoms with E-state index >= 15 is 0 Å². The number of carbonyl (C=O) groups excluding carboxylic acids is 1. The second-order valence-electron chi connectivity index (χ2n) is 6.06. The molecule has 8 heteroatoms. The third-order valence-electron chi connectivity index (χ3n) is 4.07. The van der Waals surface area contributed by atoms with Crippen LogP contribution in [-0.4, -0.2) is 37.2 Å². The highest BCUT2D eigenvalue weighted by atomic mass is 16.5. The molecule has 0 fully saturated rings. The second kappa shape index (κ2) is 8.92. The summed E-state index contributed by atoms with van der Waals surface area (Å²) >= 11 is 0. The number of ether oxygens (including phenoxy) is 3. The maximum atomic E-state index is 12.7. The van der Waals surface area contributed by atoms with Crippen molar-refractivity contribution in [3.63, 3.8) is 0 Å². The van der Waals surface area contributed by atoms with Gasteiger partial charge in [-0.2, -0.15) is 0 Å². The molecule has 150 valence electrons. The molecular weight excluding hydrogens is 372 g/mol. The summed E-state index contributed by atoms with van der Waals surface area (Å²) in [5.74, 6) is 2.48. The van der Waals surface area contributed by atoms with Gasteiger partial charge in [0, 0.05) is 23.9 Å². The van der Waals surface area contributed by atoms with Crippen molar-refractivity contribution in [1.82, 2.24) is 9.97 Å². The SMILES string of the molecule is COc1cccc(NC(=O)c2cc(Nc3ccc(OC)cc3OC)nc(C)n2)c1. The van der Waals surface area contributed by atoms with E-state index in [0.29, 0.717) is 40.3 Å². The molecule has 0 spiro atoms. The van der Waals surface area contributed by atoms with E-state index in [-0.39, 0.29) is 11.6 Å². The third-order valence-corrected chi connectivity index (χ3v) is 4.07. The molecule has 1 aromatic heterocycles. The Bertz CT molecular complexity index is 1020. The lowest BCUT2D eigenvalue weighted by Crippen LogP contribution is -2.15. The van der Waals surface area contributed by atoms with E-state index in [4.69, 9.17) is 14.2 Å². The summed E-state index contributed by atoms with van der Waals surface area (Å²) in [4.78, 5) is 21.3. The van der Waals surface area contributed by atoms with Crippen LogP contribution >= 0.6 is 0 Å². The first-order valence-corrected chi connectivity index (χ1v) is 8.82. The molecule has 0 saturated carbocycles. The predicted molar refractivity (Wildman–Crippen MR) is 111 cm³/mol. The van der Waals surface area contributed by atoms with Crippen LogP contribution in [-0.2, 0) is 0 Å². The minimum absolute atomic E-state index is 0.232. The molecule has 0 aliphatic carbocycles. The Hall–Kier alpha value is -3.81. The van der Waals surface area contributed by atoms with Crippen LogP contribution in [0.4, 0.5) is 17.2 Å². The van der Waals surface area contributed by atoms with Crippen molar-refractivity contribution >= 4 is 23.1 Å². The van der Waals surface area contributed by atoms with Gasteiger partial charge in [-0.25, -0.2) is 9.97 Å². The van der Waals surface area contributed by atoms with Crippen molar-refractivity contribution in [2.75, 3.05) is 32.0 Å².